The summed E-state index contributed by atoms with van der Waals surface area (Å²) in [5.41, 5.74) is 6.54. The maximum Gasteiger partial charge on any atom is 0.170 e. The van der Waals surface area contributed by atoms with Crippen LogP contribution < -0.4 is 10.5 Å². The lowest BCUT2D eigenvalue weighted by Crippen LogP contribution is -2.17. The van der Waals surface area contributed by atoms with Crippen molar-refractivity contribution >= 4 is 5.82 Å². The van der Waals surface area contributed by atoms with Gasteiger partial charge in [-0.15, -0.1) is 0 Å². The summed E-state index contributed by atoms with van der Waals surface area (Å²) in [7, 11) is 1.52. The molecular weight excluding hydrogens is 244 g/mol. The van der Waals surface area contributed by atoms with Crippen molar-refractivity contribution in [2.24, 2.45) is 0 Å². The van der Waals surface area contributed by atoms with E-state index in [1.165, 1.54) is 13.3 Å². The Kier molecular flexibility index (Phi) is 3.35. The lowest BCUT2D eigenvalue weighted by molar-refractivity contribution is 0.0734. The van der Waals surface area contributed by atoms with E-state index in [9.17, 15) is 5.11 Å². The zero-order chi connectivity index (χ0) is 14.0. The molecule has 6 nitrogen and oxygen atoms in total. The Balaban J connectivity index is 2.46. The summed E-state index contributed by atoms with van der Waals surface area (Å²) in [5.74, 6) is 0.765. The van der Waals surface area contributed by atoms with E-state index in [0.29, 0.717) is 28.5 Å². The Morgan fingerprint density at radius 3 is 2.47 bits per heavy atom. The van der Waals surface area contributed by atoms with Gasteiger partial charge in [0.05, 0.1) is 30.9 Å². The third-order valence-corrected chi connectivity index (χ3v) is 2.69. The topological polar surface area (TPSA) is 94.1 Å². The highest BCUT2D eigenvalue weighted by Crippen LogP contribution is 2.32. The van der Waals surface area contributed by atoms with Crippen molar-refractivity contribution < 1.29 is 9.84 Å². The van der Waals surface area contributed by atoms with Gasteiger partial charge in [-0.05, 0) is 19.9 Å². The molecule has 0 aromatic carbocycles. The molecule has 0 amide bonds. The second kappa shape index (κ2) is 4.81. The number of nitrogens with zero attached hydrogens (tertiary/aromatic N) is 3. The monoisotopic (exact) mass is 260 g/mol. The summed E-state index contributed by atoms with van der Waals surface area (Å²) < 4.78 is 5.22. The molecule has 19 heavy (non-hydrogen) atoms. The highest BCUT2D eigenvalue weighted by atomic mass is 16.5. The average Bonchev–Trinajstić information content (AvgIpc) is 2.37. The highest BCUT2D eigenvalue weighted by molar-refractivity contribution is 5.72. The van der Waals surface area contributed by atoms with Gasteiger partial charge in [-0.1, -0.05) is 0 Å². The second-order valence-electron chi connectivity index (χ2n) is 4.62. The molecule has 3 N–H and O–H groups in total. The minimum Gasteiger partial charge on any atom is -0.492 e. The number of nitrogens with two attached hydrogens (primary N) is 1. The molecule has 0 atom stereocenters. The van der Waals surface area contributed by atoms with Crippen molar-refractivity contribution in [3.8, 4) is 17.0 Å². The molecular formula is C13H16N4O2. The van der Waals surface area contributed by atoms with E-state index < -0.39 is 5.60 Å². The highest BCUT2D eigenvalue weighted by Gasteiger charge is 2.19. The summed E-state index contributed by atoms with van der Waals surface area (Å²) in [5, 5.41) is 9.84. The Morgan fingerprint density at radius 1 is 1.21 bits per heavy atom. The van der Waals surface area contributed by atoms with Crippen molar-refractivity contribution in [3.63, 3.8) is 0 Å². The Bertz CT molecular complexity index is 576. The van der Waals surface area contributed by atoms with E-state index in [0.717, 1.165) is 0 Å². The van der Waals surface area contributed by atoms with Crippen molar-refractivity contribution in [1.29, 1.82) is 0 Å². The Hall–Kier alpha value is -2.21. The molecule has 0 aliphatic heterocycles. The molecule has 2 aromatic heterocycles. The molecule has 6 heteroatoms. The first-order chi connectivity index (χ1) is 8.93. The van der Waals surface area contributed by atoms with E-state index in [-0.39, 0.29) is 0 Å². The Morgan fingerprint density at radius 2 is 1.95 bits per heavy atom. The van der Waals surface area contributed by atoms with Crippen LogP contribution in [-0.4, -0.2) is 27.2 Å². The van der Waals surface area contributed by atoms with Crippen molar-refractivity contribution in [3.05, 3.63) is 30.4 Å². The quantitative estimate of drug-likeness (QED) is 0.865. The fourth-order valence-corrected chi connectivity index (χ4v) is 1.66. The molecule has 2 rings (SSSR count). The largest absolute Gasteiger partial charge is 0.492 e. The predicted octanol–water partition coefficient (Wildman–Crippen LogP) is 1.36. The van der Waals surface area contributed by atoms with Gasteiger partial charge in [0.25, 0.3) is 0 Å². The molecule has 0 fully saturated rings. The minimum absolute atomic E-state index is 0.299. The number of anilines is 1. The summed E-state index contributed by atoms with van der Waals surface area (Å²) in [4.78, 5) is 12.4. The number of ether oxygens (including phenoxy) is 1. The van der Waals surface area contributed by atoms with Gasteiger partial charge in [0.1, 0.15) is 5.60 Å². The fraction of sp³-hybridized carbons (Fsp3) is 0.308. The normalized spacial score (nSPS) is 11.4. The van der Waals surface area contributed by atoms with Crippen LogP contribution >= 0.6 is 0 Å². The third-order valence-electron chi connectivity index (χ3n) is 2.69. The van der Waals surface area contributed by atoms with Crippen LogP contribution in [0.5, 0.6) is 5.75 Å². The van der Waals surface area contributed by atoms with Crippen LogP contribution in [0.2, 0.25) is 0 Å². The van der Waals surface area contributed by atoms with E-state index in [4.69, 9.17) is 10.5 Å². The van der Waals surface area contributed by atoms with E-state index in [1.54, 1.807) is 32.3 Å². The predicted molar refractivity (Wildman–Crippen MR) is 71.5 cm³/mol. The van der Waals surface area contributed by atoms with Gasteiger partial charge in [-0.3, -0.25) is 9.97 Å². The number of aromatic nitrogens is 3. The number of pyridine rings is 1. The molecule has 0 radical (unpaired) electrons. The summed E-state index contributed by atoms with van der Waals surface area (Å²) in [6.45, 7) is 3.31. The molecule has 2 aromatic rings. The van der Waals surface area contributed by atoms with Crippen LogP contribution in [0.3, 0.4) is 0 Å². The average molecular weight is 260 g/mol. The third kappa shape index (κ3) is 2.63. The smallest absolute Gasteiger partial charge is 0.170 e. The second-order valence-corrected chi connectivity index (χ2v) is 4.62. The maximum absolute atomic E-state index is 9.84. The first-order valence-corrected chi connectivity index (χ1v) is 5.77. The van der Waals surface area contributed by atoms with E-state index in [2.05, 4.69) is 15.0 Å². The first-order valence-electron chi connectivity index (χ1n) is 5.77. The summed E-state index contributed by atoms with van der Waals surface area (Å²) >= 11 is 0. The molecule has 0 aliphatic carbocycles. The minimum atomic E-state index is -1.02. The lowest BCUT2D eigenvalue weighted by atomic mass is 10.1. The van der Waals surface area contributed by atoms with Crippen molar-refractivity contribution in [2.45, 2.75) is 19.4 Å². The molecule has 0 spiro atoms. The van der Waals surface area contributed by atoms with Crippen LogP contribution in [0.4, 0.5) is 5.82 Å². The van der Waals surface area contributed by atoms with Gasteiger partial charge < -0.3 is 15.6 Å². The molecule has 0 unspecified atom stereocenters. The number of hydrogen-bond donors (Lipinski definition) is 2. The zero-order valence-electron chi connectivity index (χ0n) is 11.1. The Labute approximate surface area is 111 Å². The van der Waals surface area contributed by atoms with Gasteiger partial charge in [0.2, 0.25) is 0 Å². The zero-order valence-corrected chi connectivity index (χ0v) is 11.1. The molecule has 0 bridgehead atoms. The van der Waals surface area contributed by atoms with Crippen LogP contribution in [0.25, 0.3) is 11.3 Å². The molecule has 2 heterocycles. The number of methoxy groups -OCH3 is 1. The number of aliphatic hydroxyl groups is 1. The number of hydrogen-bond acceptors (Lipinski definition) is 6. The molecule has 100 valence electrons. The lowest BCUT2D eigenvalue weighted by Gasteiger charge is -2.16. The standard InChI is InChI=1S/C13H16N4O2/c1-13(2,18)10-7-16-9(6-17-10)8-4-5-15-12(14)11(8)19-3/h4-7,18H,1-3H3,(H2,14,15). The van der Waals surface area contributed by atoms with Gasteiger partial charge in [0, 0.05) is 11.8 Å². The summed E-state index contributed by atoms with van der Waals surface area (Å²) in [6.07, 6.45) is 4.69. The number of nitrogen functional groups attached to an aromatic ring is 1. The van der Waals surface area contributed by atoms with E-state index in [1.807, 2.05) is 0 Å². The summed E-state index contributed by atoms with van der Waals surface area (Å²) in [6, 6.07) is 1.75. The van der Waals surface area contributed by atoms with Gasteiger partial charge >= 0.3 is 0 Å². The van der Waals surface area contributed by atoms with Crippen LogP contribution in [0, 0.1) is 0 Å². The van der Waals surface area contributed by atoms with Gasteiger partial charge in [-0.25, -0.2) is 4.98 Å². The molecule has 0 saturated heterocycles. The number of rotatable bonds is 3. The van der Waals surface area contributed by atoms with Gasteiger partial charge in [-0.2, -0.15) is 0 Å². The first kappa shape index (κ1) is 13.2. The van der Waals surface area contributed by atoms with Crippen LogP contribution in [0.1, 0.15) is 19.5 Å². The fourth-order valence-electron chi connectivity index (χ4n) is 1.66. The van der Waals surface area contributed by atoms with Crippen molar-refractivity contribution in [2.75, 3.05) is 12.8 Å². The molecule has 0 aliphatic rings. The van der Waals surface area contributed by atoms with E-state index >= 15 is 0 Å². The maximum atomic E-state index is 9.84. The SMILES string of the molecule is COc1c(-c2cnc(C(C)(C)O)cn2)ccnc1N. The van der Waals surface area contributed by atoms with Crippen molar-refractivity contribution in [1.82, 2.24) is 15.0 Å². The van der Waals surface area contributed by atoms with Crippen LogP contribution in [-0.2, 0) is 5.60 Å². The molecule has 0 saturated carbocycles. The van der Waals surface area contributed by atoms with Gasteiger partial charge in [0.15, 0.2) is 11.6 Å². The van der Waals surface area contributed by atoms with Crippen LogP contribution in [0.15, 0.2) is 24.7 Å².